The molecule has 5 nitrogen and oxygen atoms in total. The molecule has 0 aromatic carbocycles. The molecule has 8 heteroatoms. The van der Waals surface area contributed by atoms with Gasteiger partial charge in [-0.1, -0.05) is 18.5 Å². The number of hydrogen-bond acceptors (Lipinski definition) is 4. The summed E-state index contributed by atoms with van der Waals surface area (Å²) in [6.45, 7) is 2.23. The van der Waals surface area contributed by atoms with Crippen LogP contribution in [0.3, 0.4) is 0 Å². The van der Waals surface area contributed by atoms with Crippen LogP contribution in [0, 0.1) is 11.8 Å². The Balaban J connectivity index is 2.27. The van der Waals surface area contributed by atoms with E-state index in [0.29, 0.717) is 17.3 Å². The summed E-state index contributed by atoms with van der Waals surface area (Å²) in [4.78, 5) is 11.1. The van der Waals surface area contributed by atoms with E-state index in [1.165, 1.54) is 16.4 Å². The number of rotatable bonds is 3. The number of carboxylic acids is 1. The molecule has 0 bridgehead atoms. The smallest absolute Gasteiger partial charge is 0.307 e. The van der Waals surface area contributed by atoms with Gasteiger partial charge in [-0.05, 0) is 24.5 Å². The molecule has 2 rings (SSSR count). The van der Waals surface area contributed by atoms with Crippen molar-refractivity contribution in [3.05, 3.63) is 16.5 Å². The normalized spacial score (nSPS) is 25.4. The average molecular weight is 324 g/mol. The first kappa shape index (κ1) is 14.8. The molecule has 1 N–H and O–H groups in total. The van der Waals surface area contributed by atoms with Crippen molar-refractivity contribution in [2.75, 3.05) is 13.1 Å². The minimum atomic E-state index is -3.64. The molecule has 1 aliphatic heterocycles. The highest BCUT2D eigenvalue weighted by Crippen LogP contribution is 2.31. The zero-order valence-electron chi connectivity index (χ0n) is 10.2. The molecule has 0 aliphatic carbocycles. The fourth-order valence-corrected chi connectivity index (χ4v) is 5.48. The molecule has 1 saturated heterocycles. The van der Waals surface area contributed by atoms with Gasteiger partial charge in [0, 0.05) is 13.1 Å². The van der Waals surface area contributed by atoms with E-state index in [4.69, 9.17) is 16.7 Å². The predicted octanol–water partition coefficient (Wildman–Crippen LogP) is 2.13. The maximum Gasteiger partial charge on any atom is 0.307 e. The van der Waals surface area contributed by atoms with Crippen molar-refractivity contribution in [3.8, 4) is 0 Å². The van der Waals surface area contributed by atoms with E-state index in [1.807, 2.05) is 6.92 Å². The largest absolute Gasteiger partial charge is 0.481 e. The third-order valence-electron chi connectivity index (χ3n) is 3.12. The van der Waals surface area contributed by atoms with E-state index in [2.05, 4.69) is 0 Å². The Hall–Kier alpha value is -0.630. The highest BCUT2D eigenvalue weighted by atomic mass is 35.5. The third kappa shape index (κ3) is 3.10. The van der Waals surface area contributed by atoms with Crippen molar-refractivity contribution < 1.29 is 18.3 Å². The van der Waals surface area contributed by atoms with Gasteiger partial charge < -0.3 is 5.11 Å². The van der Waals surface area contributed by atoms with Gasteiger partial charge in [0.05, 0.1) is 10.3 Å². The molecule has 0 saturated carbocycles. The number of carboxylic acid groups (broad SMARTS) is 1. The van der Waals surface area contributed by atoms with Gasteiger partial charge in [-0.3, -0.25) is 4.79 Å². The number of carbonyl (C=O) groups is 1. The lowest BCUT2D eigenvalue weighted by atomic mass is 9.92. The van der Waals surface area contributed by atoms with E-state index >= 15 is 0 Å². The van der Waals surface area contributed by atoms with Crippen LogP contribution in [0.2, 0.25) is 4.34 Å². The average Bonchev–Trinajstić information content (AvgIpc) is 2.75. The molecule has 0 radical (unpaired) electrons. The minimum Gasteiger partial charge on any atom is -0.481 e. The number of nitrogens with zero attached hydrogens (tertiary/aromatic N) is 1. The van der Waals surface area contributed by atoms with Crippen molar-refractivity contribution in [1.82, 2.24) is 4.31 Å². The van der Waals surface area contributed by atoms with E-state index < -0.39 is 21.9 Å². The zero-order valence-corrected chi connectivity index (χ0v) is 12.6. The second kappa shape index (κ2) is 5.40. The highest BCUT2D eigenvalue weighted by molar-refractivity contribution is 7.91. The number of halogens is 1. The maximum atomic E-state index is 12.4. The van der Waals surface area contributed by atoms with Crippen LogP contribution in [0.1, 0.15) is 13.3 Å². The second-order valence-electron chi connectivity index (χ2n) is 4.76. The molecular weight excluding hydrogens is 310 g/mol. The van der Waals surface area contributed by atoms with Crippen molar-refractivity contribution in [2.24, 2.45) is 11.8 Å². The fraction of sp³-hybridized carbons (Fsp3) is 0.545. The second-order valence-corrected chi connectivity index (χ2v) is 8.64. The molecule has 19 heavy (non-hydrogen) atoms. The van der Waals surface area contributed by atoms with E-state index in [9.17, 15) is 13.2 Å². The Morgan fingerprint density at radius 1 is 1.47 bits per heavy atom. The lowest BCUT2D eigenvalue weighted by Gasteiger charge is -2.33. The van der Waals surface area contributed by atoms with Crippen LogP contribution in [-0.4, -0.2) is 36.9 Å². The Labute approximate surface area is 120 Å². The maximum absolute atomic E-state index is 12.4. The first-order chi connectivity index (χ1) is 8.80. The third-order valence-corrected chi connectivity index (χ3v) is 6.65. The van der Waals surface area contributed by atoms with Crippen LogP contribution in [0.15, 0.2) is 16.3 Å². The summed E-state index contributed by atoms with van der Waals surface area (Å²) in [6, 6.07) is 2.98. The lowest BCUT2D eigenvalue weighted by Crippen LogP contribution is -2.45. The molecule has 106 valence electrons. The molecule has 2 unspecified atom stereocenters. The van der Waals surface area contributed by atoms with Crippen LogP contribution >= 0.6 is 22.9 Å². The molecule has 0 spiro atoms. The van der Waals surface area contributed by atoms with Crippen LogP contribution < -0.4 is 0 Å². The van der Waals surface area contributed by atoms with Crippen LogP contribution in [0.5, 0.6) is 0 Å². The minimum absolute atomic E-state index is 0.0253. The molecule has 2 atom stereocenters. The summed E-state index contributed by atoms with van der Waals surface area (Å²) in [6.07, 6.45) is 0.506. The van der Waals surface area contributed by atoms with Crippen molar-refractivity contribution in [1.29, 1.82) is 0 Å². The number of piperidine rings is 1. The summed E-state index contributed by atoms with van der Waals surface area (Å²) in [5, 5.41) is 9.07. The number of aliphatic carboxylic acids is 1. The number of hydrogen-bond donors (Lipinski definition) is 1. The molecular formula is C11H14ClNO4S2. The van der Waals surface area contributed by atoms with Crippen LogP contribution in [0.4, 0.5) is 0 Å². The Morgan fingerprint density at radius 3 is 2.68 bits per heavy atom. The van der Waals surface area contributed by atoms with Gasteiger partial charge in [-0.15, -0.1) is 11.3 Å². The van der Waals surface area contributed by atoms with Crippen LogP contribution in [0.25, 0.3) is 0 Å². The summed E-state index contributed by atoms with van der Waals surface area (Å²) in [5.74, 6) is -1.56. The lowest BCUT2D eigenvalue weighted by molar-refractivity contribution is -0.143. The highest BCUT2D eigenvalue weighted by Gasteiger charge is 2.36. The van der Waals surface area contributed by atoms with Gasteiger partial charge in [0.25, 0.3) is 10.0 Å². The SMILES string of the molecule is CC1CC(C(=O)O)CN(S(=O)(=O)c2ccc(Cl)s2)C1. The van der Waals surface area contributed by atoms with Gasteiger partial charge in [-0.25, -0.2) is 8.42 Å². The Kier molecular flexibility index (Phi) is 4.20. The first-order valence-electron chi connectivity index (χ1n) is 5.79. The Morgan fingerprint density at radius 2 is 2.16 bits per heavy atom. The van der Waals surface area contributed by atoms with Crippen molar-refractivity contribution in [3.63, 3.8) is 0 Å². The number of thiophene rings is 1. The quantitative estimate of drug-likeness (QED) is 0.924. The van der Waals surface area contributed by atoms with E-state index in [1.54, 1.807) is 0 Å². The van der Waals surface area contributed by atoms with Gasteiger partial charge in [0.15, 0.2) is 0 Å². The fourth-order valence-electron chi connectivity index (χ4n) is 2.24. The topological polar surface area (TPSA) is 74.7 Å². The van der Waals surface area contributed by atoms with Gasteiger partial charge in [-0.2, -0.15) is 4.31 Å². The van der Waals surface area contributed by atoms with Crippen molar-refractivity contribution in [2.45, 2.75) is 17.6 Å². The van der Waals surface area contributed by atoms with Gasteiger partial charge in [0.1, 0.15) is 4.21 Å². The number of sulfonamides is 1. The van der Waals surface area contributed by atoms with Crippen LogP contribution in [-0.2, 0) is 14.8 Å². The monoisotopic (exact) mass is 323 g/mol. The summed E-state index contributed by atoms with van der Waals surface area (Å²) < 4.78 is 26.6. The predicted molar refractivity (Wildman–Crippen MR) is 73.0 cm³/mol. The van der Waals surface area contributed by atoms with Gasteiger partial charge >= 0.3 is 5.97 Å². The van der Waals surface area contributed by atoms with E-state index in [0.717, 1.165) is 11.3 Å². The molecule has 2 heterocycles. The summed E-state index contributed by atoms with van der Waals surface area (Å²) >= 11 is 6.74. The standard InChI is InChI=1S/C11H14ClNO4S2/c1-7-4-8(11(14)15)6-13(5-7)19(16,17)10-3-2-9(12)18-10/h2-3,7-8H,4-6H2,1H3,(H,14,15). The Bertz CT molecular complexity index is 583. The molecule has 0 amide bonds. The molecule has 1 fully saturated rings. The molecule has 1 aromatic heterocycles. The van der Waals surface area contributed by atoms with Gasteiger partial charge in [0.2, 0.25) is 0 Å². The molecule has 1 aliphatic rings. The first-order valence-corrected chi connectivity index (χ1v) is 8.42. The zero-order chi connectivity index (χ0) is 14.2. The van der Waals surface area contributed by atoms with Crippen molar-refractivity contribution >= 4 is 38.9 Å². The summed E-state index contributed by atoms with van der Waals surface area (Å²) in [5.41, 5.74) is 0. The van der Waals surface area contributed by atoms with E-state index in [-0.39, 0.29) is 16.7 Å². The molecule has 1 aromatic rings. The summed E-state index contributed by atoms with van der Waals surface area (Å²) in [7, 11) is -3.64.